The van der Waals surface area contributed by atoms with E-state index in [0.717, 1.165) is 36.3 Å². The van der Waals surface area contributed by atoms with Gasteiger partial charge in [-0.2, -0.15) is 0 Å². The molecular weight excluding hydrogens is 334 g/mol. The maximum Gasteiger partial charge on any atom is 0.255 e. The van der Waals surface area contributed by atoms with Crippen molar-refractivity contribution in [2.75, 3.05) is 0 Å². The van der Waals surface area contributed by atoms with Crippen LogP contribution in [0.1, 0.15) is 65.1 Å². The molecule has 0 bridgehead atoms. The Hall–Kier alpha value is -2.88. The van der Waals surface area contributed by atoms with Gasteiger partial charge in [-0.05, 0) is 55.5 Å². The summed E-state index contributed by atoms with van der Waals surface area (Å²) in [6.07, 6.45) is 7.22. The maximum atomic E-state index is 13.0. The zero-order valence-electron chi connectivity index (χ0n) is 16.1. The number of carbonyl (C=O) groups excluding carboxylic acids is 1. The third-order valence-corrected chi connectivity index (χ3v) is 5.29. The van der Waals surface area contributed by atoms with E-state index >= 15 is 0 Å². The summed E-state index contributed by atoms with van der Waals surface area (Å²) in [4.78, 5) is 17.6. The number of carbonyl (C=O) groups is 1. The first kappa shape index (κ1) is 17.5. The van der Waals surface area contributed by atoms with E-state index < -0.39 is 0 Å². The minimum atomic E-state index is -0.0675. The number of amides is 1. The van der Waals surface area contributed by atoms with Crippen molar-refractivity contribution in [2.45, 2.75) is 46.1 Å². The van der Waals surface area contributed by atoms with Crippen molar-refractivity contribution in [3.05, 3.63) is 76.7 Å². The second-order valence-electron chi connectivity index (χ2n) is 7.29. The second-order valence-corrected chi connectivity index (χ2v) is 7.29. The van der Waals surface area contributed by atoms with Gasteiger partial charge in [-0.1, -0.05) is 43.7 Å². The van der Waals surface area contributed by atoms with Crippen molar-refractivity contribution in [1.29, 1.82) is 0 Å². The number of hydrogen-bond acceptors (Lipinski definition) is 2. The molecule has 3 aromatic rings. The van der Waals surface area contributed by atoms with E-state index in [0.29, 0.717) is 5.56 Å². The molecule has 1 amide bonds. The fraction of sp³-hybridized carbons (Fsp3) is 0.304. The highest BCUT2D eigenvalue weighted by Gasteiger charge is 2.24. The first-order chi connectivity index (χ1) is 13.1. The molecule has 0 saturated heterocycles. The molecule has 0 fully saturated rings. The van der Waals surface area contributed by atoms with Crippen LogP contribution < -0.4 is 5.32 Å². The van der Waals surface area contributed by atoms with E-state index in [2.05, 4.69) is 47.6 Å². The Kier molecular flexibility index (Phi) is 4.56. The topological polar surface area (TPSA) is 46.4 Å². The number of aryl methyl sites for hydroxylation is 2. The normalized spacial score (nSPS) is 16.1. The Morgan fingerprint density at radius 2 is 2.07 bits per heavy atom. The molecule has 0 radical (unpaired) electrons. The van der Waals surface area contributed by atoms with Crippen LogP contribution in [0, 0.1) is 13.8 Å². The lowest BCUT2D eigenvalue weighted by molar-refractivity contribution is 0.0938. The predicted molar refractivity (Wildman–Crippen MR) is 109 cm³/mol. The Labute approximate surface area is 159 Å². The van der Waals surface area contributed by atoms with Crippen molar-refractivity contribution in [1.82, 2.24) is 14.7 Å². The minimum Gasteiger partial charge on any atom is -0.345 e. The Bertz CT molecular complexity index is 1040. The van der Waals surface area contributed by atoms with E-state index in [1.807, 2.05) is 36.6 Å². The quantitative estimate of drug-likeness (QED) is 0.712. The maximum absolute atomic E-state index is 13.0. The summed E-state index contributed by atoms with van der Waals surface area (Å²) >= 11 is 0. The van der Waals surface area contributed by atoms with Gasteiger partial charge in [0.1, 0.15) is 5.65 Å². The molecule has 1 atom stereocenters. The van der Waals surface area contributed by atoms with E-state index in [-0.39, 0.29) is 11.9 Å². The summed E-state index contributed by atoms with van der Waals surface area (Å²) in [7, 11) is 0. The molecule has 1 N–H and O–H groups in total. The Morgan fingerprint density at radius 1 is 1.26 bits per heavy atom. The molecule has 4 nitrogen and oxygen atoms in total. The zero-order chi connectivity index (χ0) is 19.0. The van der Waals surface area contributed by atoms with Crippen LogP contribution in [0.15, 0.2) is 48.7 Å². The van der Waals surface area contributed by atoms with Gasteiger partial charge in [-0.3, -0.25) is 4.79 Å². The summed E-state index contributed by atoms with van der Waals surface area (Å²) in [6, 6.07) is 12.3. The summed E-state index contributed by atoms with van der Waals surface area (Å²) in [5.41, 5.74) is 7.21. The van der Waals surface area contributed by atoms with Crippen molar-refractivity contribution < 1.29 is 4.79 Å². The number of nitrogens with one attached hydrogen (secondary N) is 1. The van der Waals surface area contributed by atoms with Crippen LogP contribution in [0.3, 0.4) is 0 Å². The first-order valence-electron chi connectivity index (χ1n) is 9.63. The largest absolute Gasteiger partial charge is 0.345 e. The van der Waals surface area contributed by atoms with E-state index in [9.17, 15) is 4.79 Å². The van der Waals surface area contributed by atoms with Crippen molar-refractivity contribution >= 4 is 17.1 Å². The molecule has 27 heavy (non-hydrogen) atoms. The number of benzene rings is 1. The molecule has 138 valence electrons. The van der Waals surface area contributed by atoms with E-state index in [1.54, 1.807) is 0 Å². The van der Waals surface area contributed by atoms with E-state index in [1.165, 1.54) is 16.7 Å². The number of nitrogens with zero attached hydrogens (tertiary/aromatic N) is 2. The summed E-state index contributed by atoms with van der Waals surface area (Å²) in [6.45, 7) is 6.19. The SMILES string of the molecule is CCCC1=CCC(NC(=O)c2ccn3c(C)cc(C)nc23)c2ccccc21. The summed E-state index contributed by atoms with van der Waals surface area (Å²) in [5, 5.41) is 3.23. The Balaban J connectivity index is 1.65. The summed E-state index contributed by atoms with van der Waals surface area (Å²) in [5.74, 6) is -0.0675. The molecule has 0 aliphatic heterocycles. The van der Waals surface area contributed by atoms with Gasteiger partial charge in [0.2, 0.25) is 0 Å². The zero-order valence-corrected chi connectivity index (χ0v) is 16.1. The highest BCUT2D eigenvalue weighted by molar-refractivity contribution is 6.00. The lowest BCUT2D eigenvalue weighted by atomic mass is 9.85. The molecule has 1 aliphatic carbocycles. The van der Waals surface area contributed by atoms with Crippen LogP contribution in [-0.4, -0.2) is 15.3 Å². The molecule has 1 aliphatic rings. The number of fused-ring (bicyclic) bond motifs is 2. The molecule has 2 aromatic heterocycles. The minimum absolute atomic E-state index is 0.00448. The van der Waals surface area contributed by atoms with Crippen LogP contribution in [0.5, 0.6) is 0 Å². The number of hydrogen-bond donors (Lipinski definition) is 1. The van der Waals surface area contributed by atoms with Crippen molar-refractivity contribution in [3.8, 4) is 0 Å². The van der Waals surface area contributed by atoms with Crippen LogP contribution >= 0.6 is 0 Å². The molecule has 0 spiro atoms. The van der Waals surface area contributed by atoms with Gasteiger partial charge < -0.3 is 9.72 Å². The molecule has 0 saturated carbocycles. The fourth-order valence-electron chi connectivity index (χ4n) is 4.04. The first-order valence-corrected chi connectivity index (χ1v) is 9.63. The average molecular weight is 359 g/mol. The molecule has 4 rings (SSSR count). The van der Waals surface area contributed by atoms with Crippen LogP contribution in [0.2, 0.25) is 0 Å². The third-order valence-electron chi connectivity index (χ3n) is 5.29. The molecule has 1 unspecified atom stereocenters. The third kappa shape index (κ3) is 3.16. The molecule has 2 heterocycles. The predicted octanol–water partition coefficient (Wildman–Crippen LogP) is 5.01. The van der Waals surface area contributed by atoms with Gasteiger partial charge in [0, 0.05) is 17.6 Å². The van der Waals surface area contributed by atoms with E-state index in [4.69, 9.17) is 0 Å². The number of rotatable bonds is 4. The van der Waals surface area contributed by atoms with Gasteiger partial charge in [-0.25, -0.2) is 4.98 Å². The lowest BCUT2D eigenvalue weighted by Crippen LogP contribution is -2.30. The molecule has 4 heteroatoms. The van der Waals surface area contributed by atoms with Gasteiger partial charge in [0.15, 0.2) is 0 Å². The van der Waals surface area contributed by atoms with Crippen LogP contribution in [0.25, 0.3) is 11.2 Å². The number of allylic oxidation sites excluding steroid dienone is 1. The van der Waals surface area contributed by atoms with Gasteiger partial charge in [0.05, 0.1) is 11.6 Å². The average Bonchev–Trinajstić information content (AvgIpc) is 3.08. The monoisotopic (exact) mass is 359 g/mol. The summed E-state index contributed by atoms with van der Waals surface area (Å²) < 4.78 is 1.97. The number of aromatic nitrogens is 2. The van der Waals surface area contributed by atoms with Crippen molar-refractivity contribution in [2.24, 2.45) is 0 Å². The highest BCUT2D eigenvalue weighted by atomic mass is 16.1. The standard InChI is InChI=1S/C23H25N3O/c1-4-7-17-10-11-21(19-9-6-5-8-18(17)19)25-23(27)20-12-13-26-16(3)14-15(2)24-22(20)26/h5-6,8-10,12-14,21H,4,7,11H2,1-3H3,(H,25,27). The highest BCUT2D eigenvalue weighted by Crippen LogP contribution is 2.35. The van der Waals surface area contributed by atoms with Gasteiger partial charge >= 0.3 is 0 Å². The van der Waals surface area contributed by atoms with Crippen LogP contribution in [-0.2, 0) is 0 Å². The van der Waals surface area contributed by atoms with Crippen LogP contribution in [0.4, 0.5) is 0 Å². The van der Waals surface area contributed by atoms with Gasteiger partial charge in [0.25, 0.3) is 5.91 Å². The Morgan fingerprint density at radius 3 is 2.89 bits per heavy atom. The van der Waals surface area contributed by atoms with Crippen molar-refractivity contribution in [3.63, 3.8) is 0 Å². The molecular formula is C23H25N3O. The lowest BCUT2D eigenvalue weighted by Gasteiger charge is -2.26. The van der Waals surface area contributed by atoms with Gasteiger partial charge in [-0.15, -0.1) is 0 Å². The molecule has 1 aromatic carbocycles. The fourth-order valence-corrected chi connectivity index (χ4v) is 4.04. The smallest absolute Gasteiger partial charge is 0.255 e. The second kappa shape index (κ2) is 7.03.